The van der Waals surface area contributed by atoms with E-state index in [1.165, 1.54) is 0 Å². The Balaban J connectivity index is 1.37. The highest BCUT2D eigenvalue weighted by atomic mass is 16.2. The van der Waals surface area contributed by atoms with Gasteiger partial charge in [0, 0.05) is 37.1 Å². The van der Waals surface area contributed by atoms with Gasteiger partial charge in [0.1, 0.15) is 0 Å². The highest BCUT2D eigenvalue weighted by Crippen LogP contribution is 2.30. The molecule has 5 aromatic rings. The van der Waals surface area contributed by atoms with Crippen LogP contribution in [0.2, 0.25) is 0 Å². The molecule has 0 N–H and O–H groups in total. The number of hydrogen-bond donors (Lipinski definition) is 0. The Bertz CT molecular complexity index is 1590. The third-order valence-corrected chi connectivity index (χ3v) is 7.61. The molecule has 1 aliphatic heterocycles. The van der Waals surface area contributed by atoms with E-state index in [-0.39, 0.29) is 11.8 Å². The second-order valence-corrected chi connectivity index (χ2v) is 9.96. The highest BCUT2D eigenvalue weighted by molar-refractivity contribution is 5.93. The van der Waals surface area contributed by atoms with E-state index in [1.54, 1.807) is 0 Å². The van der Waals surface area contributed by atoms with E-state index in [0.717, 1.165) is 70.9 Å². The number of carbonyl (C=O) groups excluding carboxylic acids is 1. The molecule has 0 bridgehead atoms. The third kappa shape index (κ3) is 4.28. The van der Waals surface area contributed by atoms with Crippen LogP contribution in [0.4, 0.5) is 5.95 Å². The summed E-state index contributed by atoms with van der Waals surface area (Å²) in [7, 11) is 0. The summed E-state index contributed by atoms with van der Waals surface area (Å²) in [6, 6.07) is 26.5. The van der Waals surface area contributed by atoms with E-state index < -0.39 is 0 Å². The fourth-order valence-electron chi connectivity index (χ4n) is 5.57. The smallest absolute Gasteiger partial charge is 0.230 e. The van der Waals surface area contributed by atoms with Crippen LogP contribution >= 0.6 is 0 Å². The number of anilines is 1. The van der Waals surface area contributed by atoms with Crippen LogP contribution < -0.4 is 4.90 Å². The Morgan fingerprint density at radius 3 is 2.45 bits per heavy atom. The fraction of sp³-hybridized carbons (Fsp3) is 0.290. The summed E-state index contributed by atoms with van der Waals surface area (Å²) in [5.41, 5.74) is 4.97. The van der Waals surface area contributed by atoms with Crippen LogP contribution in [0, 0.1) is 6.92 Å². The van der Waals surface area contributed by atoms with Gasteiger partial charge in [-0.25, -0.2) is 9.38 Å². The standard InChI is InChI=1S/C31H32N6O/c1-3-24(23-13-5-4-6-14-23)30(38)35-18-11-19-36(21-20-35)31-32-27-17-10-9-16-26(27)29-34-33-28(37(29)31)25-15-8-7-12-22(25)2/h4-10,12-17,24H,3,11,18-21H2,1-2H3/t24-/m0/s1. The van der Waals surface area contributed by atoms with Gasteiger partial charge in [0.25, 0.3) is 0 Å². The third-order valence-electron chi connectivity index (χ3n) is 7.61. The first-order valence-electron chi connectivity index (χ1n) is 13.4. The van der Waals surface area contributed by atoms with Crippen LogP contribution in [0.1, 0.15) is 36.8 Å². The van der Waals surface area contributed by atoms with Gasteiger partial charge in [-0.15, -0.1) is 10.2 Å². The number of aromatic nitrogens is 4. The lowest BCUT2D eigenvalue weighted by Crippen LogP contribution is -2.38. The minimum absolute atomic E-state index is 0.112. The van der Waals surface area contributed by atoms with Crippen LogP contribution in [0.15, 0.2) is 78.9 Å². The van der Waals surface area contributed by atoms with Crippen LogP contribution in [0.25, 0.3) is 27.9 Å². The Kier molecular flexibility index (Phi) is 6.50. The van der Waals surface area contributed by atoms with Gasteiger partial charge in [-0.1, -0.05) is 73.7 Å². The lowest BCUT2D eigenvalue weighted by molar-refractivity contribution is -0.132. The molecule has 3 heterocycles. The van der Waals surface area contributed by atoms with E-state index in [1.807, 2.05) is 53.4 Å². The summed E-state index contributed by atoms with van der Waals surface area (Å²) in [5, 5.41) is 10.3. The largest absolute Gasteiger partial charge is 0.340 e. The van der Waals surface area contributed by atoms with Crippen molar-refractivity contribution in [3.05, 3.63) is 90.0 Å². The molecule has 3 aromatic carbocycles. The normalized spacial score (nSPS) is 15.1. The van der Waals surface area contributed by atoms with Gasteiger partial charge in [0.15, 0.2) is 11.5 Å². The molecule has 0 radical (unpaired) electrons. The average molecular weight is 505 g/mol. The quantitative estimate of drug-likeness (QED) is 0.317. The second-order valence-electron chi connectivity index (χ2n) is 9.96. The Hall–Kier alpha value is -4.26. The summed E-state index contributed by atoms with van der Waals surface area (Å²) in [6.45, 7) is 7.08. The first-order chi connectivity index (χ1) is 18.7. The molecule has 0 saturated carbocycles. The zero-order valence-corrected chi connectivity index (χ0v) is 21.9. The van der Waals surface area contributed by atoms with E-state index >= 15 is 0 Å². The minimum atomic E-state index is -0.112. The summed E-state index contributed by atoms with van der Waals surface area (Å²) >= 11 is 0. The molecule has 1 aliphatic rings. The monoisotopic (exact) mass is 504 g/mol. The molecule has 1 fully saturated rings. The summed E-state index contributed by atoms with van der Waals surface area (Å²) in [4.78, 5) is 23.1. The predicted octanol–water partition coefficient (Wildman–Crippen LogP) is 5.49. The van der Waals surface area contributed by atoms with Crippen molar-refractivity contribution in [2.45, 2.75) is 32.6 Å². The number of fused-ring (bicyclic) bond motifs is 3. The van der Waals surface area contributed by atoms with Crippen molar-refractivity contribution < 1.29 is 4.79 Å². The zero-order chi connectivity index (χ0) is 26.1. The van der Waals surface area contributed by atoms with Crippen molar-refractivity contribution >= 4 is 28.4 Å². The minimum Gasteiger partial charge on any atom is -0.340 e. The molecule has 6 rings (SSSR count). The summed E-state index contributed by atoms with van der Waals surface area (Å²) in [6.07, 6.45) is 1.66. The Labute approximate surface area is 222 Å². The van der Waals surface area contributed by atoms with Gasteiger partial charge < -0.3 is 9.80 Å². The topological polar surface area (TPSA) is 66.6 Å². The van der Waals surface area contributed by atoms with Crippen molar-refractivity contribution in [1.29, 1.82) is 0 Å². The number of rotatable bonds is 5. The molecule has 0 aliphatic carbocycles. The Morgan fingerprint density at radius 2 is 1.63 bits per heavy atom. The van der Waals surface area contributed by atoms with E-state index in [9.17, 15) is 4.79 Å². The van der Waals surface area contributed by atoms with Crippen molar-refractivity contribution in [2.75, 3.05) is 31.1 Å². The first kappa shape index (κ1) is 24.1. The lowest BCUT2D eigenvalue weighted by Gasteiger charge is -2.27. The molecule has 1 amide bonds. The lowest BCUT2D eigenvalue weighted by atomic mass is 9.95. The number of nitrogens with zero attached hydrogens (tertiary/aromatic N) is 6. The Morgan fingerprint density at radius 1 is 0.868 bits per heavy atom. The number of hydrogen-bond acceptors (Lipinski definition) is 5. The van der Waals surface area contributed by atoms with E-state index in [0.29, 0.717) is 13.1 Å². The van der Waals surface area contributed by atoms with Crippen molar-refractivity contribution in [3.8, 4) is 11.4 Å². The fourth-order valence-corrected chi connectivity index (χ4v) is 5.57. The molecule has 7 nitrogen and oxygen atoms in total. The first-order valence-corrected chi connectivity index (χ1v) is 13.4. The van der Waals surface area contributed by atoms with Gasteiger partial charge in [-0.3, -0.25) is 4.79 Å². The molecular formula is C31H32N6O. The van der Waals surface area contributed by atoms with Gasteiger partial charge in [0.2, 0.25) is 11.9 Å². The van der Waals surface area contributed by atoms with E-state index in [2.05, 4.69) is 63.7 Å². The van der Waals surface area contributed by atoms with Gasteiger partial charge in [-0.05, 0) is 43.0 Å². The maximum atomic E-state index is 13.6. The maximum absolute atomic E-state index is 13.6. The molecule has 1 atom stereocenters. The molecular weight excluding hydrogens is 472 g/mol. The summed E-state index contributed by atoms with van der Waals surface area (Å²) in [5.74, 6) is 1.71. The highest BCUT2D eigenvalue weighted by Gasteiger charge is 2.28. The van der Waals surface area contributed by atoms with E-state index in [4.69, 9.17) is 4.98 Å². The number of carbonyl (C=O) groups is 1. The number of amides is 1. The predicted molar refractivity (Wildman–Crippen MR) is 151 cm³/mol. The van der Waals surface area contributed by atoms with Crippen molar-refractivity contribution in [3.63, 3.8) is 0 Å². The van der Waals surface area contributed by atoms with Crippen LogP contribution in [0.5, 0.6) is 0 Å². The molecule has 7 heteroatoms. The molecule has 1 saturated heterocycles. The van der Waals surface area contributed by atoms with Gasteiger partial charge in [-0.2, -0.15) is 0 Å². The van der Waals surface area contributed by atoms with Crippen LogP contribution in [-0.4, -0.2) is 56.6 Å². The number of benzene rings is 3. The number of aryl methyl sites for hydroxylation is 1. The number of para-hydroxylation sites is 1. The van der Waals surface area contributed by atoms with Gasteiger partial charge in [0.05, 0.1) is 11.4 Å². The molecule has 192 valence electrons. The van der Waals surface area contributed by atoms with Crippen molar-refractivity contribution in [2.24, 2.45) is 0 Å². The zero-order valence-electron chi connectivity index (χ0n) is 21.9. The summed E-state index contributed by atoms with van der Waals surface area (Å²) < 4.78 is 2.10. The van der Waals surface area contributed by atoms with Gasteiger partial charge >= 0.3 is 0 Å². The second kappa shape index (κ2) is 10.2. The molecule has 0 spiro atoms. The molecule has 0 unspecified atom stereocenters. The molecule has 2 aromatic heterocycles. The maximum Gasteiger partial charge on any atom is 0.230 e. The van der Waals surface area contributed by atoms with Crippen LogP contribution in [0.3, 0.4) is 0 Å². The average Bonchev–Trinajstić information content (AvgIpc) is 3.24. The van der Waals surface area contributed by atoms with Crippen molar-refractivity contribution in [1.82, 2.24) is 24.5 Å². The molecule has 38 heavy (non-hydrogen) atoms. The van der Waals surface area contributed by atoms with Crippen LogP contribution in [-0.2, 0) is 4.79 Å². The SMILES string of the molecule is CC[C@H](C(=O)N1CCCN(c2nc3ccccc3c3nnc(-c4ccccc4C)n23)CC1)c1ccccc1.